The molecular formula is C13H18N2O3. The number of amides is 1. The third kappa shape index (κ3) is 3.72. The number of likely N-dealkylation sites (N-methyl/N-ethyl adjacent to an activating group) is 1. The third-order valence-electron chi connectivity index (χ3n) is 2.82. The van der Waals surface area contributed by atoms with Crippen LogP contribution in [-0.2, 0) is 16.2 Å². The fourth-order valence-corrected chi connectivity index (χ4v) is 1.74. The molecule has 1 aromatic carbocycles. The van der Waals surface area contributed by atoms with Crippen molar-refractivity contribution in [1.29, 1.82) is 0 Å². The van der Waals surface area contributed by atoms with E-state index in [9.17, 15) is 4.79 Å². The van der Waals surface area contributed by atoms with Gasteiger partial charge in [0.05, 0.1) is 6.61 Å². The molecule has 0 N–H and O–H groups in total. The number of carbonyl (C=O) groups is 1. The molecular weight excluding hydrogens is 232 g/mol. The van der Waals surface area contributed by atoms with Gasteiger partial charge in [-0.25, -0.2) is 4.79 Å². The van der Waals surface area contributed by atoms with Gasteiger partial charge in [0, 0.05) is 26.7 Å². The summed E-state index contributed by atoms with van der Waals surface area (Å²) in [5, 5.41) is 1.74. The van der Waals surface area contributed by atoms with Crippen LogP contribution in [0, 0.1) is 0 Å². The number of benzene rings is 1. The highest BCUT2D eigenvalue weighted by Crippen LogP contribution is 2.05. The summed E-state index contributed by atoms with van der Waals surface area (Å²) in [5.41, 5.74) is 0.994. The van der Waals surface area contributed by atoms with Gasteiger partial charge in [0.1, 0.15) is 6.61 Å². The Bertz CT molecular complexity index is 383. The molecule has 2 rings (SSSR count). The molecule has 1 saturated heterocycles. The van der Waals surface area contributed by atoms with E-state index in [-0.39, 0.29) is 6.09 Å². The van der Waals surface area contributed by atoms with E-state index < -0.39 is 0 Å². The Morgan fingerprint density at radius 1 is 1.28 bits per heavy atom. The summed E-state index contributed by atoms with van der Waals surface area (Å²) in [6.07, 6.45) is -0.280. The lowest BCUT2D eigenvalue weighted by Crippen LogP contribution is -2.35. The van der Waals surface area contributed by atoms with Crippen molar-refractivity contribution in [2.45, 2.75) is 6.61 Å². The number of ether oxygens (including phenoxy) is 1. The van der Waals surface area contributed by atoms with Crippen LogP contribution in [0.2, 0.25) is 0 Å². The second-order valence-corrected chi connectivity index (χ2v) is 4.21. The molecule has 1 fully saturated rings. The Balaban J connectivity index is 1.80. The molecule has 0 spiro atoms. The molecule has 0 aliphatic carbocycles. The minimum Gasteiger partial charge on any atom is -0.445 e. The Morgan fingerprint density at radius 3 is 2.83 bits per heavy atom. The van der Waals surface area contributed by atoms with Gasteiger partial charge in [-0.05, 0) is 5.56 Å². The third-order valence-corrected chi connectivity index (χ3v) is 2.82. The zero-order chi connectivity index (χ0) is 12.8. The molecule has 0 radical (unpaired) electrons. The summed E-state index contributed by atoms with van der Waals surface area (Å²) in [6, 6.07) is 9.67. The largest absolute Gasteiger partial charge is 0.445 e. The van der Waals surface area contributed by atoms with E-state index in [1.807, 2.05) is 37.4 Å². The van der Waals surface area contributed by atoms with Gasteiger partial charge in [-0.2, -0.15) is 5.06 Å². The van der Waals surface area contributed by atoms with Crippen molar-refractivity contribution in [3.05, 3.63) is 35.9 Å². The van der Waals surface area contributed by atoms with E-state index in [1.165, 1.54) is 0 Å². The Hall–Kier alpha value is -1.59. The van der Waals surface area contributed by atoms with Crippen molar-refractivity contribution in [3.63, 3.8) is 0 Å². The molecule has 1 aromatic rings. The van der Waals surface area contributed by atoms with Crippen LogP contribution in [0.4, 0.5) is 4.79 Å². The predicted octanol–water partition coefficient (Wildman–Crippen LogP) is 1.50. The van der Waals surface area contributed by atoms with Gasteiger partial charge in [0.25, 0.3) is 0 Å². The van der Waals surface area contributed by atoms with Gasteiger partial charge < -0.3 is 9.64 Å². The van der Waals surface area contributed by atoms with Gasteiger partial charge in [-0.1, -0.05) is 30.3 Å². The second kappa shape index (κ2) is 6.37. The fraction of sp³-hybridized carbons (Fsp3) is 0.462. The first-order chi connectivity index (χ1) is 8.75. The Labute approximate surface area is 107 Å². The smallest absolute Gasteiger partial charge is 0.410 e. The highest BCUT2D eigenvalue weighted by molar-refractivity contribution is 5.67. The van der Waals surface area contributed by atoms with E-state index in [4.69, 9.17) is 9.57 Å². The van der Waals surface area contributed by atoms with Gasteiger partial charge >= 0.3 is 6.09 Å². The van der Waals surface area contributed by atoms with Crippen LogP contribution in [0.1, 0.15) is 5.56 Å². The summed E-state index contributed by atoms with van der Waals surface area (Å²) in [6.45, 7) is 2.71. The van der Waals surface area contributed by atoms with Crippen LogP contribution in [0.3, 0.4) is 0 Å². The summed E-state index contributed by atoms with van der Waals surface area (Å²) in [7, 11) is 1.86. The lowest BCUT2D eigenvalue weighted by atomic mass is 10.2. The molecule has 0 atom stereocenters. The molecule has 1 aliphatic rings. The van der Waals surface area contributed by atoms with Crippen molar-refractivity contribution in [1.82, 2.24) is 9.96 Å². The molecule has 0 aromatic heterocycles. The zero-order valence-corrected chi connectivity index (χ0v) is 10.5. The summed E-state index contributed by atoms with van der Waals surface area (Å²) < 4.78 is 5.27. The maximum atomic E-state index is 11.9. The number of hydrogen-bond donors (Lipinski definition) is 0. The highest BCUT2D eigenvalue weighted by atomic mass is 16.7. The molecule has 5 nitrogen and oxygen atoms in total. The first-order valence-electron chi connectivity index (χ1n) is 6.05. The summed E-state index contributed by atoms with van der Waals surface area (Å²) >= 11 is 0. The monoisotopic (exact) mass is 250 g/mol. The lowest BCUT2D eigenvalue weighted by molar-refractivity contribution is -0.126. The molecule has 0 bridgehead atoms. The average Bonchev–Trinajstić information content (AvgIpc) is 2.62. The first-order valence-corrected chi connectivity index (χ1v) is 6.05. The van der Waals surface area contributed by atoms with E-state index >= 15 is 0 Å². The minimum atomic E-state index is -0.280. The van der Waals surface area contributed by atoms with E-state index in [0.29, 0.717) is 32.8 Å². The number of hydrogen-bond acceptors (Lipinski definition) is 4. The van der Waals surface area contributed by atoms with Crippen LogP contribution >= 0.6 is 0 Å². The van der Waals surface area contributed by atoms with Crippen molar-refractivity contribution in [2.75, 3.05) is 33.3 Å². The maximum absolute atomic E-state index is 11.9. The van der Waals surface area contributed by atoms with Crippen LogP contribution in [0.25, 0.3) is 0 Å². The molecule has 1 heterocycles. The highest BCUT2D eigenvalue weighted by Gasteiger charge is 2.18. The Morgan fingerprint density at radius 2 is 2.06 bits per heavy atom. The van der Waals surface area contributed by atoms with Crippen LogP contribution in [0.15, 0.2) is 30.3 Å². The van der Waals surface area contributed by atoms with Gasteiger partial charge in [-0.15, -0.1) is 0 Å². The normalized spacial score (nSPS) is 17.3. The predicted molar refractivity (Wildman–Crippen MR) is 66.8 cm³/mol. The average molecular weight is 250 g/mol. The molecule has 18 heavy (non-hydrogen) atoms. The maximum Gasteiger partial charge on any atom is 0.410 e. The summed E-state index contributed by atoms with van der Waals surface area (Å²) in [4.78, 5) is 18.9. The van der Waals surface area contributed by atoms with E-state index in [2.05, 4.69) is 0 Å². The van der Waals surface area contributed by atoms with Crippen LogP contribution in [-0.4, -0.2) is 49.3 Å². The van der Waals surface area contributed by atoms with E-state index in [1.54, 1.807) is 9.96 Å². The number of hydroxylamine groups is 2. The van der Waals surface area contributed by atoms with Crippen LogP contribution < -0.4 is 0 Å². The number of carbonyl (C=O) groups excluding carboxylic acids is 1. The van der Waals surface area contributed by atoms with Crippen molar-refractivity contribution < 1.29 is 14.4 Å². The second-order valence-electron chi connectivity index (χ2n) is 4.21. The topological polar surface area (TPSA) is 42.0 Å². The number of nitrogens with zero attached hydrogens (tertiary/aromatic N) is 2. The summed E-state index contributed by atoms with van der Waals surface area (Å²) in [5.74, 6) is 0. The molecule has 5 heteroatoms. The van der Waals surface area contributed by atoms with Crippen molar-refractivity contribution >= 4 is 6.09 Å². The first kappa shape index (κ1) is 12.9. The molecule has 1 amide bonds. The molecule has 0 unspecified atom stereocenters. The minimum absolute atomic E-state index is 0.280. The van der Waals surface area contributed by atoms with Gasteiger partial charge in [0.2, 0.25) is 0 Å². The quantitative estimate of drug-likeness (QED) is 0.797. The number of rotatable bonds is 2. The SMILES string of the molecule is CN1CCN(C(=O)OCc2ccccc2)CCO1. The van der Waals surface area contributed by atoms with Crippen molar-refractivity contribution in [3.8, 4) is 0 Å². The molecule has 98 valence electrons. The fourth-order valence-electron chi connectivity index (χ4n) is 1.74. The Kier molecular flexibility index (Phi) is 4.55. The van der Waals surface area contributed by atoms with Gasteiger partial charge in [0.15, 0.2) is 0 Å². The molecule has 1 aliphatic heterocycles. The van der Waals surface area contributed by atoms with E-state index in [0.717, 1.165) is 5.56 Å². The zero-order valence-electron chi connectivity index (χ0n) is 10.5. The standard InChI is InChI=1S/C13H18N2O3/c1-14-7-8-15(9-10-18-14)13(16)17-11-12-5-3-2-4-6-12/h2-6H,7-11H2,1H3. The van der Waals surface area contributed by atoms with Crippen molar-refractivity contribution in [2.24, 2.45) is 0 Å². The van der Waals surface area contributed by atoms with Crippen LogP contribution in [0.5, 0.6) is 0 Å². The lowest BCUT2D eigenvalue weighted by Gasteiger charge is -2.18. The molecule has 0 saturated carbocycles. The van der Waals surface area contributed by atoms with Gasteiger partial charge in [-0.3, -0.25) is 4.84 Å².